The molecule has 3 aromatic rings. The molecule has 1 fully saturated rings. The number of anilines is 1. The number of esters is 1. The van der Waals surface area contributed by atoms with E-state index in [9.17, 15) is 4.79 Å². The van der Waals surface area contributed by atoms with Gasteiger partial charge in [-0.3, -0.25) is 4.90 Å². The lowest BCUT2D eigenvalue weighted by atomic mass is 9.97. The molecule has 0 radical (unpaired) electrons. The highest BCUT2D eigenvalue weighted by Crippen LogP contribution is 2.42. The van der Waals surface area contributed by atoms with Gasteiger partial charge in [0.05, 0.1) is 27.8 Å². The standard InChI is InChI=1S/C26H30BrN3O3/c1-29-15-19-23-21(13-20(27)25(19)32-16-29)30(2)22(14-28-17-9-5-3-6-10-17)24(23)26(31)33-18-11-7-4-8-12-18/h3,5-6,9-10,13,18,28H,4,7-8,11-12,14-16H2,1-2H3. The molecule has 1 aromatic heterocycles. The van der Waals surface area contributed by atoms with E-state index in [-0.39, 0.29) is 12.1 Å². The van der Waals surface area contributed by atoms with Gasteiger partial charge in [-0.15, -0.1) is 0 Å². The summed E-state index contributed by atoms with van der Waals surface area (Å²) < 4.78 is 15.2. The monoisotopic (exact) mass is 511 g/mol. The highest BCUT2D eigenvalue weighted by Gasteiger charge is 2.31. The van der Waals surface area contributed by atoms with Crippen LogP contribution in [0.2, 0.25) is 0 Å². The van der Waals surface area contributed by atoms with Crippen LogP contribution in [0.4, 0.5) is 5.69 Å². The Morgan fingerprint density at radius 2 is 1.94 bits per heavy atom. The average Bonchev–Trinajstić information content (AvgIpc) is 3.10. The molecule has 2 aromatic carbocycles. The van der Waals surface area contributed by atoms with Gasteiger partial charge in [0.2, 0.25) is 0 Å². The Kier molecular flexibility index (Phi) is 6.34. The van der Waals surface area contributed by atoms with E-state index in [1.807, 2.05) is 44.4 Å². The zero-order chi connectivity index (χ0) is 22.9. The zero-order valence-electron chi connectivity index (χ0n) is 19.2. The maximum absolute atomic E-state index is 13.7. The van der Waals surface area contributed by atoms with Crippen molar-refractivity contribution in [2.24, 2.45) is 7.05 Å². The van der Waals surface area contributed by atoms with Crippen molar-refractivity contribution in [3.05, 3.63) is 57.7 Å². The number of para-hydroxylation sites is 1. The minimum Gasteiger partial charge on any atom is -0.477 e. The molecular weight excluding hydrogens is 482 g/mol. The molecule has 2 aliphatic rings. The van der Waals surface area contributed by atoms with Gasteiger partial charge in [0, 0.05) is 30.2 Å². The molecule has 6 nitrogen and oxygen atoms in total. The van der Waals surface area contributed by atoms with Crippen molar-refractivity contribution in [1.82, 2.24) is 9.47 Å². The van der Waals surface area contributed by atoms with Gasteiger partial charge in [-0.1, -0.05) is 24.6 Å². The van der Waals surface area contributed by atoms with E-state index >= 15 is 0 Å². The molecule has 0 bridgehead atoms. The van der Waals surface area contributed by atoms with Gasteiger partial charge in [-0.05, 0) is 66.9 Å². The number of fused-ring (bicyclic) bond motifs is 3. The molecule has 1 saturated carbocycles. The second-order valence-electron chi connectivity index (χ2n) is 9.11. The van der Waals surface area contributed by atoms with Gasteiger partial charge in [0.15, 0.2) is 0 Å². The third kappa shape index (κ3) is 4.36. The van der Waals surface area contributed by atoms with Crippen LogP contribution in [0.25, 0.3) is 10.9 Å². The first-order chi connectivity index (χ1) is 16.0. The second kappa shape index (κ2) is 9.39. The van der Waals surface area contributed by atoms with Crippen molar-refractivity contribution in [3.63, 3.8) is 0 Å². The molecule has 0 atom stereocenters. The van der Waals surface area contributed by atoms with Crippen LogP contribution in [0.15, 0.2) is 40.9 Å². The van der Waals surface area contributed by atoms with E-state index in [4.69, 9.17) is 9.47 Å². The lowest BCUT2D eigenvalue weighted by Gasteiger charge is -2.27. The number of aromatic nitrogens is 1. The van der Waals surface area contributed by atoms with E-state index < -0.39 is 0 Å². The van der Waals surface area contributed by atoms with E-state index in [0.717, 1.165) is 63.8 Å². The molecule has 1 N–H and O–H groups in total. The lowest BCUT2D eigenvalue weighted by molar-refractivity contribution is 0.0212. The van der Waals surface area contributed by atoms with Crippen LogP contribution < -0.4 is 10.1 Å². The van der Waals surface area contributed by atoms with E-state index in [2.05, 4.69) is 36.8 Å². The molecule has 33 heavy (non-hydrogen) atoms. The smallest absolute Gasteiger partial charge is 0.340 e. The Balaban J connectivity index is 1.62. The van der Waals surface area contributed by atoms with Crippen LogP contribution in [0.5, 0.6) is 5.75 Å². The summed E-state index contributed by atoms with van der Waals surface area (Å²) in [5, 5.41) is 4.42. The summed E-state index contributed by atoms with van der Waals surface area (Å²) in [4.78, 5) is 15.8. The molecule has 1 aliphatic heterocycles. The largest absolute Gasteiger partial charge is 0.477 e. The normalized spacial score (nSPS) is 16.9. The molecule has 0 unspecified atom stereocenters. The molecule has 7 heteroatoms. The first-order valence-corrected chi connectivity index (χ1v) is 12.5. The fraction of sp³-hybridized carbons (Fsp3) is 0.423. The zero-order valence-corrected chi connectivity index (χ0v) is 20.8. The van der Waals surface area contributed by atoms with Crippen LogP contribution in [0.3, 0.4) is 0 Å². The van der Waals surface area contributed by atoms with E-state index in [1.165, 1.54) is 6.42 Å². The van der Waals surface area contributed by atoms with Gasteiger partial charge in [0.25, 0.3) is 0 Å². The minimum absolute atomic E-state index is 0.00152. The molecule has 2 heterocycles. The number of nitrogens with one attached hydrogen (secondary N) is 1. The lowest BCUT2D eigenvalue weighted by Crippen LogP contribution is -2.28. The van der Waals surface area contributed by atoms with Crippen molar-refractivity contribution < 1.29 is 14.3 Å². The summed E-state index contributed by atoms with van der Waals surface area (Å²) >= 11 is 3.69. The number of rotatable bonds is 5. The number of aryl methyl sites for hydroxylation is 1. The number of hydrogen-bond acceptors (Lipinski definition) is 5. The van der Waals surface area contributed by atoms with Crippen molar-refractivity contribution in [2.75, 3.05) is 19.1 Å². The number of ether oxygens (including phenoxy) is 2. The second-order valence-corrected chi connectivity index (χ2v) is 9.97. The average molecular weight is 512 g/mol. The van der Waals surface area contributed by atoms with Crippen LogP contribution in [0.1, 0.15) is 53.7 Å². The summed E-state index contributed by atoms with van der Waals surface area (Å²) in [5.74, 6) is 0.593. The van der Waals surface area contributed by atoms with Crippen molar-refractivity contribution >= 4 is 38.5 Å². The molecule has 0 amide bonds. The maximum atomic E-state index is 13.7. The van der Waals surface area contributed by atoms with Crippen LogP contribution in [-0.4, -0.2) is 35.3 Å². The summed E-state index contributed by atoms with van der Waals surface area (Å²) in [6.07, 6.45) is 5.36. The quantitative estimate of drug-likeness (QED) is 0.437. The van der Waals surface area contributed by atoms with Crippen LogP contribution in [0, 0.1) is 0 Å². The number of carbonyl (C=O) groups excluding carboxylic acids is 1. The third-order valence-corrected chi connectivity index (χ3v) is 7.33. The summed E-state index contributed by atoms with van der Waals surface area (Å²) in [6.45, 7) is 1.76. The van der Waals surface area contributed by atoms with E-state index in [1.54, 1.807) is 0 Å². The number of carbonyl (C=O) groups is 1. The number of hydrogen-bond donors (Lipinski definition) is 1. The van der Waals surface area contributed by atoms with Gasteiger partial charge in [-0.2, -0.15) is 0 Å². The molecule has 0 saturated heterocycles. The topological polar surface area (TPSA) is 55.7 Å². The predicted molar refractivity (Wildman–Crippen MR) is 134 cm³/mol. The van der Waals surface area contributed by atoms with Crippen LogP contribution in [-0.2, 0) is 24.9 Å². The molecule has 1 aliphatic carbocycles. The van der Waals surface area contributed by atoms with Gasteiger partial charge in [-0.25, -0.2) is 4.79 Å². The maximum Gasteiger partial charge on any atom is 0.340 e. The molecular formula is C26H30BrN3O3. The fourth-order valence-electron chi connectivity index (χ4n) is 5.03. The van der Waals surface area contributed by atoms with Crippen molar-refractivity contribution in [3.8, 4) is 5.75 Å². The van der Waals surface area contributed by atoms with Crippen LogP contribution >= 0.6 is 15.9 Å². The Bertz CT molecular complexity index is 1170. The number of nitrogens with zero attached hydrogens (tertiary/aromatic N) is 2. The van der Waals surface area contributed by atoms with Gasteiger partial charge >= 0.3 is 5.97 Å². The Morgan fingerprint density at radius 3 is 2.70 bits per heavy atom. The summed E-state index contributed by atoms with van der Waals surface area (Å²) in [7, 11) is 4.05. The highest BCUT2D eigenvalue weighted by molar-refractivity contribution is 9.10. The highest BCUT2D eigenvalue weighted by atomic mass is 79.9. The fourth-order valence-corrected chi connectivity index (χ4v) is 5.60. The van der Waals surface area contributed by atoms with E-state index in [0.29, 0.717) is 25.4 Å². The first-order valence-electron chi connectivity index (χ1n) is 11.7. The SMILES string of the molecule is CN1COc2c(Br)cc3c(c2C1)c(C(=O)OC1CCCCC1)c(CNc1ccccc1)n3C. The Hall–Kier alpha value is -2.51. The molecule has 174 valence electrons. The summed E-state index contributed by atoms with van der Waals surface area (Å²) in [5.41, 5.74) is 4.62. The Labute approximate surface area is 203 Å². The number of benzene rings is 2. The summed E-state index contributed by atoms with van der Waals surface area (Å²) in [6, 6.07) is 12.1. The Morgan fingerprint density at radius 1 is 1.18 bits per heavy atom. The molecule has 0 spiro atoms. The molecule has 5 rings (SSSR count). The predicted octanol–water partition coefficient (Wildman–Crippen LogP) is 5.82. The number of halogens is 1. The minimum atomic E-state index is -0.227. The van der Waals surface area contributed by atoms with Gasteiger partial charge in [0.1, 0.15) is 18.6 Å². The first kappa shape index (κ1) is 22.3. The van der Waals surface area contributed by atoms with Crippen molar-refractivity contribution in [2.45, 2.75) is 51.3 Å². The van der Waals surface area contributed by atoms with Gasteiger partial charge < -0.3 is 19.4 Å². The third-order valence-electron chi connectivity index (χ3n) is 6.74. The van der Waals surface area contributed by atoms with Crippen molar-refractivity contribution in [1.29, 1.82) is 0 Å².